The van der Waals surface area contributed by atoms with Crippen LogP contribution in [-0.4, -0.2) is 35.6 Å². The van der Waals surface area contributed by atoms with E-state index in [1.807, 2.05) is 38.1 Å². The van der Waals surface area contributed by atoms with Crippen molar-refractivity contribution in [3.8, 4) is 5.88 Å². The first-order valence-corrected chi connectivity index (χ1v) is 8.20. The van der Waals surface area contributed by atoms with Gasteiger partial charge in [0.1, 0.15) is 0 Å². The Labute approximate surface area is 141 Å². The first-order chi connectivity index (χ1) is 11.6. The van der Waals surface area contributed by atoms with E-state index < -0.39 is 0 Å². The number of aromatic nitrogens is 2. The highest BCUT2D eigenvalue weighted by Gasteiger charge is 2.16. The Morgan fingerprint density at radius 1 is 1.21 bits per heavy atom. The molecule has 24 heavy (non-hydrogen) atoms. The number of amides is 1. The Bertz CT molecular complexity index is 727. The maximum absolute atomic E-state index is 12.0. The highest BCUT2D eigenvalue weighted by molar-refractivity contribution is 5.91. The van der Waals surface area contributed by atoms with Crippen molar-refractivity contribution in [3.63, 3.8) is 0 Å². The minimum atomic E-state index is -0.209. The van der Waals surface area contributed by atoms with Crippen LogP contribution in [0.15, 0.2) is 30.3 Å². The fraction of sp³-hybridized carbons (Fsp3) is 0.389. The molecular weight excluding hydrogens is 304 g/mol. The summed E-state index contributed by atoms with van der Waals surface area (Å²) in [7, 11) is 0. The monoisotopic (exact) mass is 326 g/mol. The lowest BCUT2D eigenvalue weighted by Gasteiger charge is -2.16. The quantitative estimate of drug-likeness (QED) is 0.915. The third-order valence-electron chi connectivity index (χ3n) is 3.86. The summed E-state index contributed by atoms with van der Waals surface area (Å²) in [6.07, 6.45) is 2.32. The van der Waals surface area contributed by atoms with E-state index in [2.05, 4.69) is 20.2 Å². The summed E-state index contributed by atoms with van der Waals surface area (Å²) in [6, 6.07) is 9.40. The van der Waals surface area contributed by atoms with Gasteiger partial charge in [-0.2, -0.15) is 4.98 Å². The highest BCUT2D eigenvalue weighted by atomic mass is 16.5. The molecule has 0 unspecified atom stereocenters. The van der Waals surface area contributed by atoms with Gasteiger partial charge in [0.25, 0.3) is 5.91 Å². The van der Waals surface area contributed by atoms with Crippen LogP contribution < -0.4 is 15.0 Å². The molecule has 1 aliphatic rings. The largest absolute Gasteiger partial charge is 0.467 e. The SMILES string of the molecule is Cc1cccc(NC(=O)COc2cc(C)nc(N3CCCC3)n2)c1. The number of hydrogen-bond donors (Lipinski definition) is 1. The van der Waals surface area contributed by atoms with Gasteiger partial charge in [0.2, 0.25) is 11.8 Å². The van der Waals surface area contributed by atoms with Gasteiger partial charge in [0, 0.05) is 30.5 Å². The summed E-state index contributed by atoms with van der Waals surface area (Å²) in [5.74, 6) is 0.907. The maximum Gasteiger partial charge on any atom is 0.262 e. The smallest absolute Gasteiger partial charge is 0.262 e. The number of nitrogens with zero attached hydrogens (tertiary/aromatic N) is 3. The molecule has 1 aliphatic heterocycles. The molecule has 0 spiro atoms. The molecule has 1 aromatic carbocycles. The first kappa shape index (κ1) is 16.2. The van der Waals surface area contributed by atoms with Crippen LogP contribution in [0.4, 0.5) is 11.6 Å². The van der Waals surface area contributed by atoms with Gasteiger partial charge in [0.15, 0.2) is 6.61 Å². The van der Waals surface area contributed by atoms with E-state index in [1.54, 1.807) is 6.07 Å². The molecule has 6 nitrogen and oxygen atoms in total. The fourth-order valence-electron chi connectivity index (χ4n) is 2.72. The second kappa shape index (κ2) is 7.29. The van der Waals surface area contributed by atoms with Crippen LogP contribution >= 0.6 is 0 Å². The van der Waals surface area contributed by atoms with E-state index in [1.165, 1.54) is 0 Å². The van der Waals surface area contributed by atoms with Crippen LogP contribution in [0.3, 0.4) is 0 Å². The molecule has 2 heterocycles. The molecule has 6 heteroatoms. The first-order valence-electron chi connectivity index (χ1n) is 8.20. The predicted molar refractivity (Wildman–Crippen MR) is 93.5 cm³/mol. The zero-order valence-corrected chi connectivity index (χ0v) is 14.1. The van der Waals surface area contributed by atoms with Crippen molar-refractivity contribution in [1.29, 1.82) is 0 Å². The topological polar surface area (TPSA) is 67.3 Å². The molecule has 0 radical (unpaired) electrons. The Balaban J connectivity index is 1.60. The molecule has 2 aromatic rings. The number of ether oxygens (including phenoxy) is 1. The van der Waals surface area contributed by atoms with Gasteiger partial charge in [-0.05, 0) is 44.4 Å². The summed E-state index contributed by atoms with van der Waals surface area (Å²) in [5.41, 5.74) is 2.69. The average Bonchev–Trinajstić information content (AvgIpc) is 3.07. The molecule has 126 valence electrons. The predicted octanol–water partition coefficient (Wildman–Crippen LogP) is 2.71. The van der Waals surface area contributed by atoms with Gasteiger partial charge in [-0.15, -0.1) is 0 Å². The maximum atomic E-state index is 12.0. The van der Waals surface area contributed by atoms with E-state index in [-0.39, 0.29) is 12.5 Å². The van der Waals surface area contributed by atoms with Gasteiger partial charge in [-0.1, -0.05) is 12.1 Å². The van der Waals surface area contributed by atoms with Crippen molar-refractivity contribution in [2.45, 2.75) is 26.7 Å². The summed E-state index contributed by atoms with van der Waals surface area (Å²) < 4.78 is 5.56. The normalized spacial score (nSPS) is 13.8. The number of nitrogens with one attached hydrogen (secondary N) is 1. The third-order valence-corrected chi connectivity index (χ3v) is 3.86. The van der Waals surface area contributed by atoms with Crippen LogP contribution in [0.25, 0.3) is 0 Å². The molecule has 1 amide bonds. The number of benzene rings is 1. The number of carbonyl (C=O) groups is 1. The van der Waals surface area contributed by atoms with Crippen molar-refractivity contribution in [1.82, 2.24) is 9.97 Å². The Morgan fingerprint density at radius 3 is 2.75 bits per heavy atom. The lowest BCUT2D eigenvalue weighted by atomic mass is 10.2. The van der Waals surface area contributed by atoms with Crippen molar-refractivity contribution < 1.29 is 9.53 Å². The van der Waals surface area contributed by atoms with Crippen LogP contribution in [0, 0.1) is 13.8 Å². The van der Waals surface area contributed by atoms with Gasteiger partial charge >= 0.3 is 0 Å². The third kappa shape index (κ3) is 4.22. The number of aryl methyl sites for hydroxylation is 2. The van der Waals surface area contributed by atoms with Crippen molar-refractivity contribution in [2.75, 3.05) is 29.9 Å². The molecule has 0 atom stereocenters. The molecule has 1 aromatic heterocycles. The van der Waals surface area contributed by atoms with E-state index in [9.17, 15) is 4.79 Å². The van der Waals surface area contributed by atoms with Crippen LogP contribution in [0.2, 0.25) is 0 Å². The van der Waals surface area contributed by atoms with Gasteiger partial charge in [-0.3, -0.25) is 4.79 Å². The molecule has 0 saturated carbocycles. The summed E-state index contributed by atoms with van der Waals surface area (Å²) >= 11 is 0. The zero-order valence-electron chi connectivity index (χ0n) is 14.1. The molecule has 0 bridgehead atoms. The Morgan fingerprint density at radius 2 is 2.00 bits per heavy atom. The number of hydrogen-bond acceptors (Lipinski definition) is 5. The molecular formula is C18H22N4O2. The minimum Gasteiger partial charge on any atom is -0.467 e. The molecule has 1 fully saturated rings. The number of carbonyl (C=O) groups excluding carboxylic acids is 1. The van der Waals surface area contributed by atoms with Gasteiger partial charge < -0.3 is 15.0 Å². The molecule has 3 rings (SSSR count). The molecule has 0 aliphatic carbocycles. The lowest BCUT2D eigenvalue weighted by molar-refractivity contribution is -0.118. The minimum absolute atomic E-state index is 0.0795. The fourth-order valence-corrected chi connectivity index (χ4v) is 2.72. The van der Waals surface area contributed by atoms with Crippen LogP contribution in [-0.2, 0) is 4.79 Å². The van der Waals surface area contributed by atoms with Crippen LogP contribution in [0.1, 0.15) is 24.1 Å². The van der Waals surface area contributed by atoms with Crippen molar-refractivity contribution in [2.24, 2.45) is 0 Å². The molecule has 1 N–H and O–H groups in total. The lowest BCUT2D eigenvalue weighted by Crippen LogP contribution is -2.23. The summed E-state index contributed by atoms with van der Waals surface area (Å²) in [6.45, 7) is 5.74. The van der Waals surface area contributed by atoms with E-state index in [4.69, 9.17) is 4.74 Å². The van der Waals surface area contributed by atoms with Crippen molar-refractivity contribution in [3.05, 3.63) is 41.6 Å². The molecule has 1 saturated heterocycles. The zero-order chi connectivity index (χ0) is 16.9. The second-order valence-corrected chi connectivity index (χ2v) is 6.05. The second-order valence-electron chi connectivity index (χ2n) is 6.05. The standard InChI is InChI=1S/C18H22N4O2/c1-13-6-5-7-15(10-13)20-16(23)12-24-17-11-14(2)19-18(21-17)22-8-3-4-9-22/h5-7,10-11H,3-4,8-9,12H2,1-2H3,(H,20,23). The highest BCUT2D eigenvalue weighted by Crippen LogP contribution is 2.19. The van der Waals surface area contributed by atoms with E-state index >= 15 is 0 Å². The van der Waals surface area contributed by atoms with Crippen molar-refractivity contribution >= 4 is 17.5 Å². The van der Waals surface area contributed by atoms with E-state index in [0.29, 0.717) is 11.8 Å². The number of rotatable bonds is 5. The average molecular weight is 326 g/mol. The van der Waals surface area contributed by atoms with Gasteiger partial charge in [0.05, 0.1) is 0 Å². The van der Waals surface area contributed by atoms with Gasteiger partial charge in [-0.25, -0.2) is 4.98 Å². The van der Waals surface area contributed by atoms with Crippen LogP contribution in [0.5, 0.6) is 5.88 Å². The Hall–Kier alpha value is -2.63. The summed E-state index contributed by atoms with van der Waals surface area (Å²) in [4.78, 5) is 23.1. The Kier molecular flexibility index (Phi) is 4.93. The summed E-state index contributed by atoms with van der Waals surface area (Å²) in [5, 5.41) is 2.82. The number of anilines is 2. The van der Waals surface area contributed by atoms with E-state index in [0.717, 1.165) is 42.9 Å².